The van der Waals surface area contributed by atoms with Gasteiger partial charge in [-0.25, -0.2) is 0 Å². The highest BCUT2D eigenvalue weighted by Gasteiger charge is 2.38. The average molecular weight is 957 g/mol. The highest BCUT2D eigenvalue weighted by molar-refractivity contribution is 8.08. The topological polar surface area (TPSA) is 17.0 Å². The molecule has 0 bridgehead atoms. The fourth-order valence-electron chi connectivity index (χ4n) is 12.1. The van der Waals surface area contributed by atoms with Gasteiger partial charge in [0.25, 0.3) is 0 Å². The van der Waals surface area contributed by atoms with Crippen LogP contribution in [-0.2, 0) is 16.2 Å². The molecule has 0 saturated carbocycles. The number of rotatable bonds is 4. The van der Waals surface area contributed by atoms with E-state index in [2.05, 4.69) is 211 Å². The molecule has 1 N–H and O–H groups in total. The maximum absolute atomic E-state index is 4.68. The lowest BCUT2D eigenvalue weighted by Gasteiger charge is -2.41. The molecule has 6 heteroatoms. The number of allylic oxidation sites excluding steroid dienone is 2. The Hall–Kier alpha value is -6.31. The van der Waals surface area contributed by atoms with Gasteiger partial charge in [0.2, 0.25) is 0 Å². The average Bonchev–Trinajstić information content (AvgIpc) is 4.00. The van der Waals surface area contributed by atoms with Crippen molar-refractivity contribution in [2.45, 2.75) is 82.4 Å². The molecule has 8 aromatic carbocycles. The first kappa shape index (κ1) is 42.6. The fourth-order valence-corrected chi connectivity index (χ4v) is 15.5. The maximum Gasteiger partial charge on any atom is 0.198 e. The summed E-state index contributed by atoms with van der Waals surface area (Å²) in [5, 5.41) is 12.0. The molecule has 11 aromatic rings. The van der Waals surface area contributed by atoms with Gasteiger partial charge in [-0.2, -0.15) is 0 Å². The zero-order chi connectivity index (χ0) is 47.6. The number of anilines is 2. The van der Waals surface area contributed by atoms with Crippen LogP contribution in [0.15, 0.2) is 157 Å². The number of benzene rings is 8. The van der Waals surface area contributed by atoms with Gasteiger partial charge in [0.1, 0.15) is 0 Å². The predicted octanol–water partition coefficient (Wildman–Crippen LogP) is 17.4. The maximum atomic E-state index is 4.68. The van der Waals surface area contributed by atoms with E-state index in [1.807, 2.05) is 34.4 Å². The van der Waals surface area contributed by atoms with E-state index in [0.717, 1.165) is 24.2 Å². The Morgan fingerprint density at radius 2 is 1.29 bits per heavy atom. The summed E-state index contributed by atoms with van der Waals surface area (Å²) in [4.78, 5) is 2.50. The summed E-state index contributed by atoms with van der Waals surface area (Å²) < 4.78 is 7.98. The third-order valence-corrected chi connectivity index (χ3v) is 19.5. The lowest BCUT2D eigenvalue weighted by Crippen LogP contribution is -2.37. The monoisotopic (exact) mass is 956 g/mol. The zero-order valence-corrected chi connectivity index (χ0v) is 43.3. The molecule has 2 nitrogen and oxygen atoms in total. The molecule has 3 aromatic heterocycles. The lowest BCUT2D eigenvalue weighted by molar-refractivity contribution is 0.332. The fraction of sp³-hybridized carbons (Fsp3) is 0.188. The van der Waals surface area contributed by atoms with Crippen LogP contribution < -0.4 is 16.2 Å². The van der Waals surface area contributed by atoms with Gasteiger partial charge in [-0.3, -0.25) is 0 Å². The van der Waals surface area contributed by atoms with E-state index in [0.29, 0.717) is 0 Å². The van der Waals surface area contributed by atoms with Crippen LogP contribution in [0.1, 0.15) is 89.1 Å². The van der Waals surface area contributed by atoms with Crippen molar-refractivity contribution in [2.24, 2.45) is 0 Å². The molecule has 0 unspecified atom stereocenters. The van der Waals surface area contributed by atoms with Crippen molar-refractivity contribution < 1.29 is 0 Å². The summed E-state index contributed by atoms with van der Waals surface area (Å²) in [5.74, 6) is 0. The highest BCUT2D eigenvalue weighted by atomic mass is 32.2. The Morgan fingerprint density at radius 1 is 0.600 bits per heavy atom. The van der Waals surface area contributed by atoms with Crippen molar-refractivity contribution in [1.29, 1.82) is 0 Å². The number of thioether (sulfide) groups is 1. The molecule has 1 aliphatic carbocycles. The van der Waals surface area contributed by atoms with Crippen LogP contribution >= 0.6 is 34.4 Å². The minimum Gasteiger partial charge on any atom is -0.355 e. The van der Waals surface area contributed by atoms with E-state index in [1.54, 1.807) is 0 Å². The molecule has 3 aliphatic rings. The normalized spacial score (nSPS) is 15.9. The summed E-state index contributed by atoms with van der Waals surface area (Å²) in [6.45, 7) is 21.3. The lowest BCUT2D eigenvalue weighted by atomic mass is 9.58. The van der Waals surface area contributed by atoms with Crippen LogP contribution in [0.4, 0.5) is 11.4 Å². The number of nitrogens with zero attached hydrogens (tertiary/aromatic N) is 1. The Balaban J connectivity index is 1.04. The molecule has 340 valence electrons. The Labute approximate surface area is 423 Å². The Kier molecular flexibility index (Phi) is 9.04. The second-order valence-corrected chi connectivity index (χ2v) is 25.8. The van der Waals surface area contributed by atoms with Crippen molar-refractivity contribution in [1.82, 2.24) is 4.57 Å². The van der Waals surface area contributed by atoms with Gasteiger partial charge < -0.3 is 9.88 Å². The third kappa shape index (κ3) is 6.38. The number of nitrogens with one attached hydrogen (secondary N) is 1. The molecular formula is C64H53BN2S3. The van der Waals surface area contributed by atoms with Gasteiger partial charge in [0, 0.05) is 89.1 Å². The van der Waals surface area contributed by atoms with E-state index < -0.39 is 0 Å². The van der Waals surface area contributed by atoms with Gasteiger partial charge in [0.05, 0.1) is 5.52 Å². The first-order valence-electron chi connectivity index (χ1n) is 24.8. The van der Waals surface area contributed by atoms with Gasteiger partial charge >= 0.3 is 0 Å². The SMILES string of the molecule is C=C1C=C(c2ccccc2)Sc2cc3c(cc21)Bc1c(-c2cc4c(cc2Nc2ccc(C(C)(C)C)cc2)sc2cc5c(cc24)C(C)(C)CCC5(C)C)ccc2c4cc5c(cc4n-3c12)sc1ccccc15. The van der Waals surface area contributed by atoms with Gasteiger partial charge in [-0.05, 0) is 140 Å². The minimum atomic E-state index is 0.0712. The Morgan fingerprint density at radius 3 is 2.07 bits per heavy atom. The molecule has 0 amide bonds. The van der Waals surface area contributed by atoms with Gasteiger partial charge in [-0.1, -0.05) is 151 Å². The second-order valence-electron chi connectivity index (χ2n) is 22.6. The molecule has 0 saturated heterocycles. The zero-order valence-electron chi connectivity index (χ0n) is 40.9. The Bertz CT molecular complexity index is 4130. The smallest absolute Gasteiger partial charge is 0.198 e. The molecule has 14 rings (SSSR count). The molecule has 0 atom stereocenters. The standard InChI is InChI=1S/C64H53BN2S3/c1-35-26-55(36-14-10-9-11-15-36)69-58-34-53-50(30-42(35)58)65-60-40(22-23-41-44-28-45-39-16-12-13-17-54(39)68-59(45)33-52(44)67(53)61(41)60)43-27-46-47-29-48-49(64(7,8)25-24-63(48,5)6)31-56(47)70-57(46)32-51(43)66-38-20-18-37(19-21-38)62(2,3)4/h9-23,26-34,65-66H,1,24-25H2,2-8H3. The summed E-state index contributed by atoms with van der Waals surface area (Å²) >= 11 is 5.72. The molecule has 0 radical (unpaired) electrons. The van der Waals surface area contributed by atoms with Crippen molar-refractivity contribution in [2.75, 3.05) is 5.32 Å². The van der Waals surface area contributed by atoms with Crippen LogP contribution in [0.3, 0.4) is 0 Å². The van der Waals surface area contributed by atoms with Crippen LogP contribution in [0.2, 0.25) is 0 Å². The molecule has 70 heavy (non-hydrogen) atoms. The van der Waals surface area contributed by atoms with Gasteiger partial charge in [-0.15, -0.1) is 22.7 Å². The van der Waals surface area contributed by atoms with E-state index in [9.17, 15) is 0 Å². The predicted molar refractivity (Wildman–Crippen MR) is 311 cm³/mol. The second kappa shape index (κ2) is 14.9. The van der Waals surface area contributed by atoms with Crippen molar-refractivity contribution in [3.63, 3.8) is 0 Å². The van der Waals surface area contributed by atoms with Gasteiger partial charge in [0.15, 0.2) is 7.28 Å². The number of hydrogen-bond donors (Lipinski definition) is 1. The number of hydrogen-bond acceptors (Lipinski definition) is 4. The summed E-state index contributed by atoms with van der Waals surface area (Å²) in [7, 11) is 0.815. The molecule has 0 fully saturated rings. The third-order valence-electron chi connectivity index (χ3n) is 16.2. The first-order valence-corrected chi connectivity index (χ1v) is 27.3. The number of thiophene rings is 2. The van der Waals surface area contributed by atoms with Crippen LogP contribution in [0, 0.1) is 0 Å². The van der Waals surface area contributed by atoms with Crippen LogP contribution in [-0.4, -0.2) is 11.8 Å². The quantitative estimate of drug-likeness (QED) is 0.177. The molecule has 0 spiro atoms. The highest BCUT2D eigenvalue weighted by Crippen LogP contribution is 2.51. The van der Waals surface area contributed by atoms with E-state index in [1.165, 1.54) is 140 Å². The van der Waals surface area contributed by atoms with Crippen LogP contribution in [0.25, 0.3) is 89.4 Å². The number of aromatic nitrogens is 1. The van der Waals surface area contributed by atoms with Crippen molar-refractivity contribution in [3.05, 3.63) is 180 Å². The summed E-state index contributed by atoms with van der Waals surface area (Å²) in [6, 6.07) is 53.7. The minimum absolute atomic E-state index is 0.0712. The molecule has 5 heterocycles. The largest absolute Gasteiger partial charge is 0.355 e. The first-order chi connectivity index (χ1) is 33.7. The van der Waals surface area contributed by atoms with E-state index in [-0.39, 0.29) is 16.2 Å². The van der Waals surface area contributed by atoms with E-state index in [4.69, 9.17) is 0 Å². The van der Waals surface area contributed by atoms with Crippen molar-refractivity contribution in [3.8, 4) is 16.8 Å². The molecular weight excluding hydrogens is 904 g/mol. The number of fused-ring (bicyclic) bond motifs is 13. The molecule has 2 aliphatic heterocycles. The van der Waals surface area contributed by atoms with Crippen molar-refractivity contribution >= 4 is 137 Å². The summed E-state index contributed by atoms with van der Waals surface area (Å²) in [6.07, 6.45) is 4.68. The van der Waals surface area contributed by atoms with E-state index >= 15 is 0 Å². The van der Waals surface area contributed by atoms with Crippen LogP contribution in [0.5, 0.6) is 0 Å². The summed E-state index contributed by atoms with van der Waals surface area (Å²) in [5.41, 5.74) is 19.5.